The molecule has 1 aliphatic carbocycles. The predicted molar refractivity (Wildman–Crippen MR) is 144 cm³/mol. The number of pyridine rings is 1. The van der Waals surface area contributed by atoms with Crippen molar-refractivity contribution in [2.75, 3.05) is 13.2 Å². The Morgan fingerprint density at radius 3 is 2.71 bits per heavy atom. The molecule has 1 aromatic carbocycles. The highest BCUT2D eigenvalue weighted by Crippen LogP contribution is 2.35. The van der Waals surface area contributed by atoms with Crippen LogP contribution >= 0.6 is 0 Å². The summed E-state index contributed by atoms with van der Waals surface area (Å²) in [6.07, 6.45) is 9.45. The van der Waals surface area contributed by atoms with E-state index in [1.54, 1.807) is 6.26 Å². The molecule has 4 aromatic rings. The summed E-state index contributed by atoms with van der Waals surface area (Å²) in [6, 6.07) is 9.84. The van der Waals surface area contributed by atoms with Gasteiger partial charge >= 0.3 is 0 Å². The van der Waals surface area contributed by atoms with E-state index in [0.717, 1.165) is 72.9 Å². The van der Waals surface area contributed by atoms with Gasteiger partial charge in [-0.25, -0.2) is 4.68 Å². The second kappa shape index (κ2) is 10.8. The van der Waals surface area contributed by atoms with Gasteiger partial charge in [-0.05, 0) is 79.3 Å². The molecule has 0 amide bonds. The first-order chi connectivity index (χ1) is 18.6. The Labute approximate surface area is 222 Å². The number of ether oxygens (including phenoxy) is 1. The molecule has 9 nitrogen and oxygen atoms in total. The Bertz CT molecular complexity index is 1430. The van der Waals surface area contributed by atoms with Crippen LogP contribution in [0.15, 0.2) is 45.8 Å². The van der Waals surface area contributed by atoms with Gasteiger partial charge in [-0.15, -0.1) is 5.10 Å². The highest BCUT2D eigenvalue weighted by molar-refractivity contribution is 5.85. The number of rotatable bonds is 8. The van der Waals surface area contributed by atoms with Gasteiger partial charge in [0.1, 0.15) is 11.8 Å². The molecule has 0 radical (unpaired) electrons. The van der Waals surface area contributed by atoms with Crippen molar-refractivity contribution in [3.8, 4) is 0 Å². The van der Waals surface area contributed by atoms with Crippen molar-refractivity contribution in [2.45, 2.75) is 83.5 Å². The van der Waals surface area contributed by atoms with E-state index in [0.29, 0.717) is 24.5 Å². The van der Waals surface area contributed by atoms with Gasteiger partial charge in [0.25, 0.3) is 5.56 Å². The van der Waals surface area contributed by atoms with E-state index in [1.165, 1.54) is 6.42 Å². The largest absolute Gasteiger partial charge is 0.468 e. The molecule has 2 aliphatic rings. The van der Waals surface area contributed by atoms with Gasteiger partial charge in [0, 0.05) is 24.1 Å². The van der Waals surface area contributed by atoms with Crippen LogP contribution in [0.5, 0.6) is 0 Å². The van der Waals surface area contributed by atoms with E-state index in [9.17, 15) is 4.79 Å². The lowest BCUT2D eigenvalue weighted by atomic mass is 9.94. The molecule has 1 aliphatic heterocycles. The van der Waals surface area contributed by atoms with Crippen LogP contribution in [0.4, 0.5) is 0 Å². The first-order valence-corrected chi connectivity index (χ1v) is 13.9. The Balaban J connectivity index is 1.52. The molecule has 6 rings (SSSR count). The molecule has 38 heavy (non-hydrogen) atoms. The number of benzene rings is 1. The molecule has 1 N–H and O–H groups in total. The number of fused-ring (bicyclic) bond motifs is 1. The minimum absolute atomic E-state index is 0.0787. The molecular weight excluding hydrogens is 480 g/mol. The van der Waals surface area contributed by atoms with E-state index < -0.39 is 6.04 Å². The van der Waals surface area contributed by atoms with Crippen molar-refractivity contribution in [3.05, 3.63) is 75.2 Å². The number of aryl methyl sites for hydroxylation is 2. The lowest BCUT2D eigenvalue weighted by Gasteiger charge is -2.33. The maximum absolute atomic E-state index is 13.9. The van der Waals surface area contributed by atoms with E-state index in [4.69, 9.17) is 9.15 Å². The van der Waals surface area contributed by atoms with Crippen LogP contribution in [0, 0.1) is 13.8 Å². The van der Waals surface area contributed by atoms with Gasteiger partial charge in [0.2, 0.25) is 0 Å². The van der Waals surface area contributed by atoms with Crippen molar-refractivity contribution in [3.63, 3.8) is 0 Å². The number of tetrazole rings is 1. The quantitative estimate of drug-likeness (QED) is 0.352. The number of hydrogen-bond donors (Lipinski definition) is 1. The highest BCUT2D eigenvalue weighted by Gasteiger charge is 2.35. The van der Waals surface area contributed by atoms with E-state index in [-0.39, 0.29) is 17.7 Å². The lowest BCUT2D eigenvalue weighted by molar-refractivity contribution is 0.0539. The molecule has 1 saturated carbocycles. The average Bonchev–Trinajstić information content (AvgIpc) is 3.72. The van der Waals surface area contributed by atoms with Gasteiger partial charge in [-0.1, -0.05) is 31.4 Å². The molecule has 9 heteroatoms. The first-order valence-electron chi connectivity index (χ1n) is 13.9. The fourth-order valence-electron chi connectivity index (χ4n) is 6.17. The van der Waals surface area contributed by atoms with Gasteiger partial charge in [-0.3, -0.25) is 9.69 Å². The van der Waals surface area contributed by atoms with E-state index in [2.05, 4.69) is 44.5 Å². The minimum Gasteiger partial charge on any atom is -0.468 e. The summed E-state index contributed by atoms with van der Waals surface area (Å²) in [6.45, 7) is 6.03. The minimum atomic E-state index is -0.464. The van der Waals surface area contributed by atoms with Crippen LogP contribution < -0.4 is 5.56 Å². The van der Waals surface area contributed by atoms with E-state index >= 15 is 0 Å². The SMILES string of the molecule is Cc1ccc(C)c2[nH]c(=O)c([C@H](c3nnnn3C3CCCCC3)N(Cc3ccco3)C[C@@H]3CCCO3)cc12. The zero-order valence-corrected chi connectivity index (χ0v) is 22.2. The van der Waals surface area contributed by atoms with Crippen LogP contribution in [0.2, 0.25) is 0 Å². The Morgan fingerprint density at radius 2 is 1.95 bits per heavy atom. The van der Waals surface area contributed by atoms with Crippen molar-refractivity contribution in [2.24, 2.45) is 0 Å². The summed E-state index contributed by atoms with van der Waals surface area (Å²) >= 11 is 0. The Hall–Kier alpha value is -3.30. The second-order valence-electron chi connectivity index (χ2n) is 10.9. The zero-order chi connectivity index (χ0) is 26.1. The van der Waals surface area contributed by atoms with Gasteiger partial charge in [0.15, 0.2) is 5.82 Å². The van der Waals surface area contributed by atoms with Crippen LogP contribution in [0.25, 0.3) is 10.9 Å². The second-order valence-corrected chi connectivity index (χ2v) is 10.9. The Kier molecular flexibility index (Phi) is 7.12. The van der Waals surface area contributed by atoms with Crippen LogP contribution in [-0.2, 0) is 11.3 Å². The monoisotopic (exact) mass is 516 g/mol. The molecular formula is C29H36N6O3. The summed E-state index contributed by atoms with van der Waals surface area (Å²) in [5, 5.41) is 14.3. The summed E-state index contributed by atoms with van der Waals surface area (Å²) < 4.78 is 13.8. The fraction of sp³-hybridized carbons (Fsp3) is 0.517. The molecule has 200 valence electrons. The number of nitrogens with zero attached hydrogens (tertiary/aromatic N) is 5. The summed E-state index contributed by atoms with van der Waals surface area (Å²) in [5.74, 6) is 1.53. The summed E-state index contributed by atoms with van der Waals surface area (Å²) in [4.78, 5) is 19.3. The third-order valence-corrected chi connectivity index (χ3v) is 8.22. The molecule has 2 atom stereocenters. The maximum atomic E-state index is 13.9. The van der Waals surface area contributed by atoms with Crippen molar-refractivity contribution >= 4 is 10.9 Å². The van der Waals surface area contributed by atoms with Crippen molar-refractivity contribution in [1.82, 2.24) is 30.1 Å². The van der Waals surface area contributed by atoms with E-state index in [1.807, 2.05) is 29.8 Å². The first kappa shape index (κ1) is 25.0. The average molecular weight is 517 g/mol. The molecule has 1 saturated heterocycles. The van der Waals surface area contributed by atoms with Gasteiger partial charge in [0.05, 0.1) is 30.5 Å². The number of furan rings is 1. The van der Waals surface area contributed by atoms with Gasteiger partial charge < -0.3 is 14.1 Å². The summed E-state index contributed by atoms with van der Waals surface area (Å²) in [7, 11) is 0. The Morgan fingerprint density at radius 1 is 1.11 bits per heavy atom. The van der Waals surface area contributed by atoms with Gasteiger partial charge in [-0.2, -0.15) is 0 Å². The molecule has 0 bridgehead atoms. The molecule has 4 heterocycles. The third-order valence-electron chi connectivity index (χ3n) is 8.22. The highest BCUT2D eigenvalue weighted by atomic mass is 16.5. The predicted octanol–water partition coefficient (Wildman–Crippen LogP) is 5.00. The van der Waals surface area contributed by atoms with Crippen LogP contribution in [-0.4, -0.2) is 49.3 Å². The maximum Gasteiger partial charge on any atom is 0.253 e. The normalized spacial score (nSPS) is 19.5. The molecule has 0 spiro atoms. The van der Waals surface area contributed by atoms with Crippen LogP contribution in [0.3, 0.4) is 0 Å². The number of aromatic nitrogens is 5. The fourth-order valence-corrected chi connectivity index (χ4v) is 6.17. The summed E-state index contributed by atoms with van der Waals surface area (Å²) in [5.41, 5.74) is 3.56. The van der Waals surface area contributed by atoms with Crippen LogP contribution in [0.1, 0.15) is 85.3 Å². The molecule has 3 aromatic heterocycles. The van der Waals surface area contributed by atoms with Crippen molar-refractivity contribution in [1.29, 1.82) is 0 Å². The lowest BCUT2D eigenvalue weighted by Crippen LogP contribution is -2.39. The number of aromatic amines is 1. The molecule has 2 fully saturated rings. The van der Waals surface area contributed by atoms with Crippen molar-refractivity contribution < 1.29 is 9.15 Å². The smallest absolute Gasteiger partial charge is 0.253 e. The zero-order valence-electron chi connectivity index (χ0n) is 22.2. The number of H-pyrrole nitrogens is 1. The third kappa shape index (κ3) is 4.92. The topological polar surface area (TPSA) is 102 Å². The standard InChI is InChI=1S/C29H36N6O3/c1-19-12-13-20(2)26-24(19)16-25(29(36)30-26)27(28-31-32-33-35(28)21-8-4-3-5-9-21)34(17-22-10-6-14-37-22)18-23-11-7-15-38-23/h6,10,12-14,16,21,23,27H,3-5,7-9,11,15,17-18H2,1-2H3,(H,30,36)/t23-,27+/m0/s1. The molecule has 0 unspecified atom stereocenters. The number of nitrogens with one attached hydrogen (secondary N) is 1. The number of hydrogen-bond acceptors (Lipinski definition) is 7.